The van der Waals surface area contributed by atoms with Crippen LogP contribution >= 0.6 is 0 Å². The van der Waals surface area contributed by atoms with Crippen LogP contribution < -0.4 is 4.74 Å². The monoisotopic (exact) mass is 289 g/mol. The lowest BCUT2D eigenvalue weighted by atomic mass is 9.78. The van der Waals surface area contributed by atoms with E-state index in [0.717, 1.165) is 28.6 Å². The van der Waals surface area contributed by atoms with E-state index in [2.05, 4.69) is 4.98 Å². The number of rotatable bonds is 3. The van der Waals surface area contributed by atoms with Gasteiger partial charge in [0.2, 0.25) is 5.88 Å². The van der Waals surface area contributed by atoms with Crippen LogP contribution in [-0.2, 0) is 4.79 Å². The summed E-state index contributed by atoms with van der Waals surface area (Å²) >= 11 is 0. The third kappa shape index (κ3) is 2.25. The Kier molecular flexibility index (Phi) is 3.11. The standard InChI is InChI=1S/C19H15NO2/c21-17-11-10-14(17)15-6-2-4-8-18(15)22-19-12-9-13-5-1-3-7-16(13)20-19/h1-9,12,14H,10-11H2. The fourth-order valence-corrected chi connectivity index (χ4v) is 2.81. The van der Waals surface area contributed by atoms with E-state index >= 15 is 0 Å². The molecule has 3 aromatic rings. The number of ketones is 1. The van der Waals surface area contributed by atoms with Gasteiger partial charge in [-0.1, -0.05) is 36.4 Å². The molecule has 4 rings (SSSR count). The molecule has 0 saturated heterocycles. The zero-order chi connectivity index (χ0) is 14.9. The number of pyridine rings is 1. The number of carbonyl (C=O) groups is 1. The summed E-state index contributed by atoms with van der Waals surface area (Å²) in [6, 6.07) is 19.5. The Morgan fingerprint density at radius 1 is 0.955 bits per heavy atom. The van der Waals surface area contributed by atoms with E-state index in [1.165, 1.54) is 0 Å². The molecule has 3 heteroatoms. The van der Waals surface area contributed by atoms with Crippen LogP contribution in [-0.4, -0.2) is 10.8 Å². The molecule has 0 aliphatic heterocycles. The molecule has 22 heavy (non-hydrogen) atoms. The summed E-state index contributed by atoms with van der Waals surface area (Å²) in [5, 5.41) is 1.08. The number of hydrogen-bond donors (Lipinski definition) is 0. The first-order chi connectivity index (χ1) is 10.8. The van der Waals surface area contributed by atoms with Crippen LogP contribution in [0.3, 0.4) is 0 Å². The van der Waals surface area contributed by atoms with E-state index in [9.17, 15) is 4.79 Å². The van der Waals surface area contributed by atoms with Crippen molar-refractivity contribution in [1.29, 1.82) is 0 Å². The minimum absolute atomic E-state index is 0.0170. The van der Waals surface area contributed by atoms with Crippen molar-refractivity contribution in [3.05, 3.63) is 66.2 Å². The normalized spacial score (nSPS) is 17.3. The van der Waals surface area contributed by atoms with E-state index in [4.69, 9.17) is 4.74 Å². The Morgan fingerprint density at radius 3 is 2.59 bits per heavy atom. The number of ether oxygens (including phenoxy) is 1. The van der Waals surface area contributed by atoms with Gasteiger partial charge in [0.15, 0.2) is 0 Å². The van der Waals surface area contributed by atoms with E-state index < -0.39 is 0 Å². The number of hydrogen-bond acceptors (Lipinski definition) is 3. The van der Waals surface area contributed by atoms with Crippen LogP contribution in [0.1, 0.15) is 24.3 Å². The first-order valence-corrected chi connectivity index (χ1v) is 7.46. The zero-order valence-corrected chi connectivity index (χ0v) is 12.0. The van der Waals surface area contributed by atoms with Gasteiger partial charge in [0.05, 0.1) is 5.52 Å². The van der Waals surface area contributed by atoms with Crippen molar-refractivity contribution >= 4 is 16.7 Å². The summed E-state index contributed by atoms with van der Waals surface area (Å²) in [5.41, 5.74) is 1.87. The highest BCUT2D eigenvalue weighted by atomic mass is 16.5. The third-order valence-corrected chi connectivity index (χ3v) is 4.15. The molecule has 0 amide bonds. The third-order valence-electron chi connectivity index (χ3n) is 4.15. The van der Waals surface area contributed by atoms with Gasteiger partial charge >= 0.3 is 0 Å². The minimum atomic E-state index is -0.0170. The van der Waals surface area contributed by atoms with Gasteiger partial charge in [-0.2, -0.15) is 0 Å². The summed E-state index contributed by atoms with van der Waals surface area (Å²) < 4.78 is 5.96. The molecule has 3 nitrogen and oxygen atoms in total. The van der Waals surface area contributed by atoms with Gasteiger partial charge in [0.1, 0.15) is 11.5 Å². The molecule has 0 N–H and O–H groups in total. The smallest absolute Gasteiger partial charge is 0.219 e. The van der Waals surface area contributed by atoms with Crippen LogP contribution in [0.5, 0.6) is 11.6 Å². The van der Waals surface area contributed by atoms with Crippen LogP contribution in [0.2, 0.25) is 0 Å². The second-order valence-corrected chi connectivity index (χ2v) is 5.54. The summed E-state index contributed by atoms with van der Waals surface area (Å²) in [7, 11) is 0. The number of fused-ring (bicyclic) bond motifs is 1. The average Bonchev–Trinajstić information content (AvgIpc) is 2.55. The molecule has 1 aliphatic rings. The highest BCUT2D eigenvalue weighted by Gasteiger charge is 2.31. The van der Waals surface area contributed by atoms with Crippen molar-refractivity contribution in [2.24, 2.45) is 0 Å². The predicted octanol–water partition coefficient (Wildman–Crippen LogP) is 4.47. The van der Waals surface area contributed by atoms with Gasteiger partial charge in [0, 0.05) is 29.4 Å². The highest BCUT2D eigenvalue weighted by molar-refractivity contribution is 5.91. The second-order valence-electron chi connectivity index (χ2n) is 5.54. The Bertz CT molecular complexity index is 857. The number of carbonyl (C=O) groups excluding carboxylic acids is 1. The number of aromatic nitrogens is 1. The topological polar surface area (TPSA) is 39.2 Å². The molecule has 0 spiro atoms. The van der Waals surface area contributed by atoms with Crippen LogP contribution in [0.25, 0.3) is 10.9 Å². The fraction of sp³-hybridized carbons (Fsp3) is 0.158. The first kappa shape index (κ1) is 13.0. The summed E-state index contributed by atoms with van der Waals surface area (Å²) in [6.45, 7) is 0. The van der Waals surface area contributed by atoms with E-state index in [1.807, 2.05) is 60.7 Å². The second kappa shape index (κ2) is 5.26. The van der Waals surface area contributed by atoms with Gasteiger partial charge in [-0.25, -0.2) is 4.98 Å². The number of Topliss-reactive ketones (excluding diaryl/α,β-unsaturated/α-hetero) is 1. The lowest BCUT2D eigenvalue weighted by molar-refractivity contribution is -0.125. The van der Waals surface area contributed by atoms with Gasteiger partial charge in [-0.05, 0) is 24.6 Å². The maximum atomic E-state index is 11.7. The minimum Gasteiger partial charge on any atom is -0.439 e. The molecule has 1 fully saturated rings. The van der Waals surface area contributed by atoms with E-state index in [1.54, 1.807) is 0 Å². The highest BCUT2D eigenvalue weighted by Crippen LogP contribution is 2.39. The van der Waals surface area contributed by atoms with Gasteiger partial charge < -0.3 is 4.74 Å². The quantitative estimate of drug-likeness (QED) is 0.714. The Labute approximate surface area is 128 Å². The van der Waals surface area contributed by atoms with Gasteiger partial charge in [0.25, 0.3) is 0 Å². The molecule has 2 aromatic carbocycles. The van der Waals surface area contributed by atoms with Crippen molar-refractivity contribution in [3.63, 3.8) is 0 Å². The molecule has 1 aromatic heterocycles. The molecule has 1 aliphatic carbocycles. The molecule has 0 bridgehead atoms. The van der Waals surface area contributed by atoms with E-state index in [0.29, 0.717) is 18.1 Å². The van der Waals surface area contributed by atoms with Crippen LogP contribution in [0, 0.1) is 0 Å². The Morgan fingerprint density at radius 2 is 1.77 bits per heavy atom. The van der Waals surface area contributed by atoms with Crippen LogP contribution in [0.4, 0.5) is 0 Å². The molecule has 108 valence electrons. The number of benzene rings is 2. The van der Waals surface area contributed by atoms with Gasteiger partial charge in [-0.15, -0.1) is 0 Å². The SMILES string of the molecule is O=C1CCC1c1ccccc1Oc1ccc2ccccc2n1. The Balaban J connectivity index is 1.69. The largest absolute Gasteiger partial charge is 0.439 e. The molecular formula is C19H15NO2. The lowest BCUT2D eigenvalue weighted by Gasteiger charge is -2.25. The van der Waals surface area contributed by atoms with Crippen molar-refractivity contribution < 1.29 is 9.53 Å². The lowest BCUT2D eigenvalue weighted by Crippen LogP contribution is -2.23. The zero-order valence-electron chi connectivity index (χ0n) is 12.0. The summed E-state index contributed by atoms with van der Waals surface area (Å²) in [6.07, 6.45) is 1.58. The molecule has 1 unspecified atom stereocenters. The summed E-state index contributed by atoms with van der Waals surface area (Å²) in [4.78, 5) is 16.3. The fourth-order valence-electron chi connectivity index (χ4n) is 2.81. The van der Waals surface area contributed by atoms with Crippen molar-refractivity contribution in [2.75, 3.05) is 0 Å². The number of nitrogens with zero attached hydrogens (tertiary/aromatic N) is 1. The first-order valence-electron chi connectivity index (χ1n) is 7.46. The molecule has 0 radical (unpaired) electrons. The van der Waals surface area contributed by atoms with Gasteiger partial charge in [-0.3, -0.25) is 4.79 Å². The average molecular weight is 289 g/mol. The maximum Gasteiger partial charge on any atom is 0.219 e. The van der Waals surface area contributed by atoms with Crippen molar-refractivity contribution in [3.8, 4) is 11.6 Å². The van der Waals surface area contributed by atoms with Crippen molar-refractivity contribution in [2.45, 2.75) is 18.8 Å². The van der Waals surface area contributed by atoms with E-state index in [-0.39, 0.29) is 5.92 Å². The number of para-hydroxylation sites is 2. The predicted molar refractivity (Wildman–Crippen MR) is 85.2 cm³/mol. The molecular weight excluding hydrogens is 274 g/mol. The Hall–Kier alpha value is -2.68. The maximum absolute atomic E-state index is 11.7. The van der Waals surface area contributed by atoms with Crippen molar-refractivity contribution in [1.82, 2.24) is 4.98 Å². The van der Waals surface area contributed by atoms with Crippen LogP contribution in [0.15, 0.2) is 60.7 Å². The molecule has 1 heterocycles. The summed E-state index contributed by atoms with van der Waals surface area (Å²) in [5.74, 6) is 1.56. The molecule has 1 atom stereocenters. The molecule has 1 saturated carbocycles.